The number of hydrogen-bond donors (Lipinski definition) is 1. The van der Waals surface area contributed by atoms with E-state index in [-0.39, 0.29) is 31.8 Å². The fraction of sp³-hybridized carbons (Fsp3) is 0.613. The molecule has 0 spiro atoms. The quantitative estimate of drug-likeness (QED) is 0.379. The molecule has 42 heavy (non-hydrogen) atoms. The van der Waals surface area contributed by atoms with Crippen molar-refractivity contribution in [2.75, 3.05) is 33.8 Å². The van der Waals surface area contributed by atoms with Crippen molar-refractivity contribution in [3.63, 3.8) is 0 Å². The number of likely N-dealkylation sites (N-methyl/N-ethyl adjacent to an activating group) is 2. The number of likely N-dealkylation sites (tertiary alicyclic amines) is 1. The van der Waals surface area contributed by atoms with E-state index < -0.39 is 53.8 Å². The van der Waals surface area contributed by atoms with Crippen molar-refractivity contribution < 1.29 is 37.0 Å². The summed E-state index contributed by atoms with van der Waals surface area (Å²) in [5, 5.41) is 2.69. The highest BCUT2D eigenvalue weighted by atomic mass is 19.3. The van der Waals surface area contributed by atoms with E-state index >= 15 is 4.39 Å². The smallest absolute Gasteiger partial charge is 0.410 e. The predicted molar refractivity (Wildman–Crippen MR) is 155 cm³/mol. The van der Waals surface area contributed by atoms with Gasteiger partial charge in [0.1, 0.15) is 23.6 Å². The minimum atomic E-state index is -3.15. The van der Waals surface area contributed by atoms with Crippen LogP contribution in [0, 0.1) is 0 Å². The zero-order valence-electron chi connectivity index (χ0n) is 25.9. The maximum Gasteiger partial charge on any atom is 0.410 e. The van der Waals surface area contributed by atoms with Crippen molar-refractivity contribution in [2.24, 2.45) is 0 Å². The molecule has 2 aliphatic rings. The number of halogens is 3. The number of nitrogens with zero attached hydrogens (tertiary/aromatic N) is 2. The van der Waals surface area contributed by atoms with Crippen LogP contribution in [0.15, 0.2) is 41.9 Å². The Morgan fingerprint density at radius 3 is 2.40 bits per heavy atom. The lowest BCUT2D eigenvalue weighted by Crippen LogP contribution is -2.49. The fourth-order valence-electron chi connectivity index (χ4n) is 4.98. The Balaban J connectivity index is 1.78. The average molecular weight is 596 g/mol. The SMILES string of the molecule is CN[C@@H]1[C@H](Cc2cccc(C3=CCCC(F)=C3OCCN(C)C(=O)OC(C)(C)C)c2)N(C(=O)OC(C)(C)C)CC1(F)F. The Hall–Kier alpha value is -3.21. The van der Waals surface area contributed by atoms with Gasteiger partial charge in [-0.05, 0) is 72.6 Å². The molecule has 0 saturated carbocycles. The van der Waals surface area contributed by atoms with Gasteiger partial charge in [0.25, 0.3) is 5.92 Å². The van der Waals surface area contributed by atoms with Crippen LogP contribution >= 0.6 is 0 Å². The molecule has 0 bridgehead atoms. The van der Waals surface area contributed by atoms with Crippen molar-refractivity contribution in [1.82, 2.24) is 15.1 Å². The van der Waals surface area contributed by atoms with Gasteiger partial charge in [-0.15, -0.1) is 0 Å². The second-order valence-corrected chi connectivity index (χ2v) is 12.7. The van der Waals surface area contributed by atoms with Gasteiger partial charge in [-0.3, -0.25) is 4.90 Å². The number of rotatable bonds is 8. The highest BCUT2D eigenvalue weighted by Gasteiger charge is 2.56. The first-order valence-electron chi connectivity index (χ1n) is 14.2. The lowest BCUT2D eigenvalue weighted by Gasteiger charge is -2.30. The molecule has 234 valence electrons. The fourth-order valence-corrected chi connectivity index (χ4v) is 4.98. The Bertz CT molecular complexity index is 1200. The molecule has 0 radical (unpaired) electrons. The first-order valence-corrected chi connectivity index (χ1v) is 14.2. The largest absolute Gasteiger partial charge is 0.488 e. The van der Waals surface area contributed by atoms with Crippen LogP contribution < -0.4 is 5.32 Å². The van der Waals surface area contributed by atoms with Crippen LogP contribution in [0.4, 0.5) is 22.8 Å². The normalized spacial score (nSPS) is 20.7. The molecule has 1 aromatic carbocycles. The Labute approximate surface area is 246 Å². The van der Waals surface area contributed by atoms with Gasteiger partial charge in [-0.2, -0.15) is 0 Å². The van der Waals surface area contributed by atoms with E-state index in [1.165, 1.54) is 11.9 Å². The van der Waals surface area contributed by atoms with Gasteiger partial charge < -0.3 is 24.4 Å². The number of benzene rings is 1. The summed E-state index contributed by atoms with van der Waals surface area (Å²) in [6.45, 7) is 9.85. The molecule has 1 saturated heterocycles. The van der Waals surface area contributed by atoms with Crippen LogP contribution in [0.3, 0.4) is 0 Å². The minimum Gasteiger partial charge on any atom is -0.488 e. The number of carbonyl (C=O) groups is 2. The molecule has 8 nitrogen and oxygen atoms in total. The molecule has 2 atom stereocenters. The van der Waals surface area contributed by atoms with Crippen molar-refractivity contribution >= 4 is 17.8 Å². The topological polar surface area (TPSA) is 80.3 Å². The number of allylic oxidation sites excluding steroid dienone is 3. The summed E-state index contributed by atoms with van der Waals surface area (Å²) in [4.78, 5) is 27.6. The average Bonchev–Trinajstić information content (AvgIpc) is 3.12. The first kappa shape index (κ1) is 33.3. The van der Waals surface area contributed by atoms with E-state index in [1.807, 2.05) is 6.08 Å². The summed E-state index contributed by atoms with van der Waals surface area (Å²) in [5.74, 6) is -3.47. The van der Waals surface area contributed by atoms with E-state index in [0.29, 0.717) is 23.1 Å². The van der Waals surface area contributed by atoms with E-state index in [2.05, 4.69) is 5.32 Å². The third-order valence-corrected chi connectivity index (χ3v) is 6.82. The van der Waals surface area contributed by atoms with Gasteiger partial charge in [0.05, 0.1) is 25.2 Å². The third kappa shape index (κ3) is 8.65. The molecule has 1 aliphatic carbocycles. The molecule has 1 aliphatic heterocycles. The standard InChI is InChI=1S/C31H44F3N3O5/c1-29(2,3)41-27(38)36(8)15-16-40-25-22(13-10-14-23(25)32)21-12-9-11-20(17-21)18-24-26(35-7)31(33,34)19-37(24)28(39)42-30(4,5)6/h9,11-13,17,24,26,35H,10,14-16,18-19H2,1-8H3/t24-,26+/m0/s1. The summed E-state index contributed by atoms with van der Waals surface area (Å²) >= 11 is 0. The molecule has 0 aromatic heterocycles. The molecule has 1 fully saturated rings. The molecule has 11 heteroatoms. The second-order valence-electron chi connectivity index (χ2n) is 12.7. The van der Waals surface area contributed by atoms with Crippen LogP contribution in [-0.2, 0) is 20.6 Å². The number of amides is 2. The summed E-state index contributed by atoms with van der Waals surface area (Å²) in [6.07, 6.45) is 1.36. The molecule has 3 rings (SSSR count). The number of hydrogen-bond acceptors (Lipinski definition) is 6. The van der Waals surface area contributed by atoms with Crippen molar-refractivity contribution in [1.29, 1.82) is 0 Å². The number of nitrogens with one attached hydrogen (secondary N) is 1. The van der Waals surface area contributed by atoms with Crippen molar-refractivity contribution in [3.8, 4) is 0 Å². The van der Waals surface area contributed by atoms with Crippen molar-refractivity contribution in [3.05, 3.63) is 53.1 Å². The zero-order valence-corrected chi connectivity index (χ0v) is 25.9. The van der Waals surface area contributed by atoms with Gasteiger partial charge in [-0.25, -0.2) is 22.8 Å². The summed E-state index contributed by atoms with van der Waals surface area (Å²) in [5.41, 5.74) is 0.423. The number of carbonyl (C=O) groups excluding carboxylic acids is 2. The summed E-state index contributed by atoms with van der Waals surface area (Å²) in [7, 11) is 3.03. The van der Waals surface area contributed by atoms with E-state index in [9.17, 15) is 18.4 Å². The van der Waals surface area contributed by atoms with Gasteiger partial charge >= 0.3 is 12.2 Å². The number of alkyl halides is 2. The van der Waals surface area contributed by atoms with Crippen LogP contribution in [-0.4, -0.2) is 85.0 Å². The Morgan fingerprint density at radius 1 is 1.12 bits per heavy atom. The van der Waals surface area contributed by atoms with Gasteiger partial charge in [-0.1, -0.05) is 30.3 Å². The highest BCUT2D eigenvalue weighted by molar-refractivity contribution is 5.79. The van der Waals surface area contributed by atoms with Crippen LogP contribution in [0.5, 0.6) is 0 Å². The maximum absolute atomic E-state index is 15.0. The Kier molecular flexibility index (Phi) is 10.3. The Morgan fingerprint density at radius 2 is 1.79 bits per heavy atom. The molecular formula is C31H44F3N3O5. The lowest BCUT2D eigenvalue weighted by molar-refractivity contribution is -0.0151. The first-order chi connectivity index (χ1) is 19.4. The van der Waals surface area contributed by atoms with E-state index in [4.69, 9.17) is 14.2 Å². The van der Waals surface area contributed by atoms with Gasteiger partial charge in [0.2, 0.25) is 0 Å². The van der Waals surface area contributed by atoms with Crippen LogP contribution in [0.2, 0.25) is 0 Å². The van der Waals surface area contributed by atoms with Crippen LogP contribution in [0.25, 0.3) is 5.57 Å². The molecule has 1 heterocycles. The highest BCUT2D eigenvalue weighted by Crippen LogP contribution is 2.37. The molecule has 2 amide bonds. The summed E-state index contributed by atoms with van der Waals surface area (Å²) < 4.78 is 61.6. The monoisotopic (exact) mass is 595 g/mol. The zero-order chi connectivity index (χ0) is 31.5. The molecule has 1 N–H and O–H groups in total. The molecule has 1 aromatic rings. The van der Waals surface area contributed by atoms with Gasteiger partial charge in [0, 0.05) is 19.0 Å². The lowest BCUT2D eigenvalue weighted by atomic mass is 9.93. The van der Waals surface area contributed by atoms with E-state index in [0.717, 1.165) is 4.90 Å². The van der Waals surface area contributed by atoms with Crippen molar-refractivity contribution in [2.45, 2.75) is 90.0 Å². The van der Waals surface area contributed by atoms with E-state index in [1.54, 1.807) is 72.9 Å². The van der Waals surface area contributed by atoms with Gasteiger partial charge in [0.15, 0.2) is 5.76 Å². The molecular weight excluding hydrogens is 551 g/mol. The maximum atomic E-state index is 15.0. The third-order valence-electron chi connectivity index (χ3n) is 6.82. The van der Waals surface area contributed by atoms with Crippen LogP contribution in [0.1, 0.15) is 65.5 Å². The predicted octanol–water partition coefficient (Wildman–Crippen LogP) is 6.31. The minimum absolute atomic E-state index is 0.0430. The summed E-state index contributed by atoms with van der Waals surface area (Å²) in [6, 6.07) is 5.01. The second kappa shape index (κ2) is 13.0. The molecule has 0 unspecified atom stereocenters. The number of ether oxygens (including phenoxy) is 3.